The number of hydrogen-bond donors (Lipinski definition) is 1. The molecular weight excluding hydrogens is 426 g/mol. The van der Waals surface area contributed by atoms with Crippen LogP contribution in [0.5, 0.6) is 5.75 Å². The van der Waals surface area contributed by atoms with Crippen molar-refractivity contribution in [3.8, 4) is 5.75 Å². The Morgan fingerprint density at radius 3 is 2.67 bits per heavy atom. The molecule has 162 valence electrons. The van der Waals surface area contributed by atoms with E-state index in [0.717, 1.165) is 37.7 Å². The van der Waals surface area contributed by atoms with E-state index in [2.05, 4.69) is 10.3 Å². The number of rotatable bonds is 8. The van der Waals surface area contributed by atoms with E-state index in [4.69, 9.17) is 16.3 Å². The molecule has 0 bridgehead atoms. The van der Waals surface area contributed by atoms with Crippen molar-refractivity contribution >= 4 is 27.5 Å². The number of pyridine rings is 1. The van der Waals surface area contributed by atoms with Crippen LogP contribution >= 0.6 is 11.6 Å². The molecular formula is C21H26ClN3O4S. The molecule has 1 heterocycles. The highest BCUT2D eigenvalue weighted by molar-refractivity contribution is 7.89. The van der Waals surface area contributed by atoms with Crippen LogP contribution in [0.4, 0.5) is 0 Å². The van der Waals surface area contributed by atoms with Crippen LogP contribution in [0.3, 0.4) is 0 Å². The molecule has 9 heteroatoms. The zero-order valence-electron chi connectivity index (χ0n) is 16.9. The third-order valence-corrected chi connectivity index (χ3v) is 7.41. The van der Waals surface area contributed by atoms with E-state index in [1.807, 2.05) is 6.07 Å². The van der Waals surface area contributed by atoms with Gasteiger partial charge in [0.05, 0.1) is 23.6 Å². The molecule has 1 aromatic carbocycles. The van der Waals surface area contributed by atoms with Crippen molar-refractivity contribution in [2.24, 2.45) is 0 Å². The molecule has 0 radical (unpaired) electrons. The largest absolute Gasteiger partial charge is 0.495 e. The predicted molar refractivity (Wildman–Crippen MR) is 115 cm³/mol. The maximum Gasteiger partial charge on any atom is 0.243 e. The van der Waals surface area contributed by atoms with E-state index >= 15 is 0 Å². The summed E-state index contributed by atoms with van der Waals surface area (Å²) in [5, 5.41) is 3.00. The predicted octanol–water partition coefficient (Wildman–Crippen LogP) is 3.38. The van der Waals surface area contributed by atoms with Gasteiger partial charge in [-0.2, -0.15) is 4.31 Å². The summed E-state index contributed by atoms with van der Waals surface area (Å²) in [6, 6.07) is 7.78. The van der Waals surface area contributed by atoms with Gasteiger partial charge in [0, 0.05) is 25.0 Å². The molecule has 1 amide bonds. The van der Waals surface area contributed by atoms with E-state index in [1.54, 1.807) is 18.5 Å². The van der Waals surface area contributed by atoms with Crippen LogP contribution in [0.1, 0.15) is 37.7 Å². The van der Waals surface area contributed by atoms with Crippen LogP contribution in [-0.2, 0) is 21.4 Å². The Labute approximate surface area is 182 Å². The second kappa shape index (κ2) is 10.2. The average molecular weight is 452 g/mol. The zero-order chi connectivity index (χ0) is 21.6. The first kappa shape index (κ1) is 22.5. The van der Waals surface area contributed by atoms with Crippen molar-refractivity contribution in [2.45, 2.75) is 49.6 Å². The van der Waals surface area contributed by atoms with E-state index in [0.29, 0.717) is 12.3 Å². The number of hydrogen-bond acceptors (Lipinski definition) is 5. The number of nitrogens with one attached hydrogen (secondary N) is 1. The first-order valence-electron chi connectivity index (χ1n) is 9.93. The molecule has 1 aliphatic carbocycles. The maximum atomic E-state index is 13.4. The molecule has 1 aliphatic rings. The minimum atomic E-state index is -3.91. The minimum Gasteiger partial charge on any atom is -0.495 e. The summed E-state index contributed by atoms with van der Waals surface area (Å²) in [5.74, 6) is 0.0432. The Morgan fingerprint density at radius 1 is 1.27 bits per heavy atom. The zero-order valence-corrected chi connectivity index (χ0v) is 18.5. The van der Waals surface area contributed by atoms with Crippen molar-refractivity contribution in [1.29, 1.82) is 0 Å². The van der Waals surface area contributed by atoms with Gasteiger partial charge in [0.25, 0.3) is 0 Å². The van der Waals surface area contributed by atoms with E-state index in [1.165, 1.54) is 29.6 Å². The smallest absolute Gasteiger partial charge is 0.243 e. The monoisotopic (exact) mass is 451 g/mol. The Balaban J connectivity index is 1.80. The Bertz CT molecular complexity index is 963. The highest BCUT2D eigenvalue weighted by Gasteiger charge is 2.34. The van der Waals surface area contributed by atoms with Gasteiger partial charge in [0.1, 0.15) is 5.75 Å². The van der Waals surface area contributed by atoms with Crippen LogP contribution < -0.4 is 10.1 Å². The van der Waals surface area contributed by atoms with Gasteiger partial charge in [0.2, 0.25) is 15.9 Å². The number of amides is 1. The van der Waals surface area contributed by atoms with Crippen molar-refractivity contribution in [1.82, 2.24) is 14.6 Å². The third-order valence-electron chi connectivity index (χ3n) is 5.22. The van der Waals surface area contributed by atoms with E-state index in [9.17, 15) is 13.2 Å². The summed E-state index contributed by atoms with van der Waals surface area (Å²) in [7, 11) is -2.44. The molecule has 1 aromatic heterocycles. The van der Waals surface area contributed by atoms with Crippen LogP contribution in [0.25, 0.3) is 0 Å². The minimum absolute atomic E-state index is 0.0546. The fourth-order valence-electron chi connectivity index (χ4n) is 3.62. The van der Waals surface area contributed by atoms with Crippen LogP contribution in [-0.4, -0.2) is 43.3 Å². The topological polar surface area (TPSA) is 88.6 Å². The number of halogens is 1. The highest BCUT2D eigenvalue weighted by Crippen LogP contribution is 2.31. The summed E-state index contributed by atoms with van der Waals surface area (Å²) in [6.07, 6.45) is 7.75. The molecule has 0 aliphatic heterocycles. The second-order valence-corrected chi connectivity index (χ2v) is 9.57. The number of carbonyl (C=O) groups is 1. The first-order chi connectivity index (χ1) is 14.4. The van der Waals surface area contributed by atoms with Gasteiger partial charge in [-0.1, -0.05) is 36.9 Å². The first-order valence-corrected chi connectivity index (χ1v) is 11.7. The number of sulfonamides is 1. The van der Waals surface area contributed by atoms with Gasteiger partial charge in [-0.3, -0.25) is 9.78 Å². The third kappa shape index (κ3) is 5.50. The standard InChI is InChI=1S/C21H26ClN3O4S/c1-29-20-10-9-18(12-19(20)22)30(27,28)25(17-7-3-2-4-8-17)15-21(26)24-14-16-6-5-11-23-13-16/h5-6,9-13,17H,2-4,7-8,14-15H2,1H3,(H,24,26). The number of benzene rings is 1. The van der Waals surface area contributed by atoms with Gasteiger partial charge in [-0.05, 0) is 42.7 Å². The molecule has 0 spiro atoms. The SMILES string of the molecule is COc1ccc(S(=O)(=O)N(CC(=O)NCc2cccnc2)C2CCCCC2)cc1Cl. The normalized spacial score (nSPS) is 15.2. The summed E-state index contributed by atoms with van der Waals surface area (Å²) < 4.78 is 33.3. The van der Waals surface area contributed by atoms with Crippen molar-refractivity contribution in [3.63, 3.8) is 0 Å². The van der Waals surface area contributed by atoms with Crippen LogP contribution in [0.2, 0.25) is 5.02 Å². The lowest BCUT2D eigenvalue weighted by Gasteiger charge is -2.33. The summed E-state index contributed by atoms with van der Waals surface area (Å²) >= 11 is 6.16. The number of carbonyl (C=O) groups excluding carboxylic acids is 1. The summed E-state index contributed by atoms with van der Waals surface area (Å²) in [4.78, 5) is 16.7. The Kier molecular flexibility index (Phi) is 7.69. The molecule has 1 fully saturated rings. The average Bonchev–Trinajstić information content (AvgIpc) is 2.77. The summed E-state index contributed by atoms with van der Waals surface area (Å²) in [5.41, 5.74) is 0.847. The molecule has 0 unspecified atom stereocenters. The molecule has 1 saturated carbocycles. The van der Waals surface area contributed by atoms with Crippen LogP contribution in [0.15, 0.2) is 47.6 Å². The fourth-order valence-corrected chi connectivity index (χ4v) is 5.61. The maximum absolute atomic E-state index is 13.4. The van der Waals surface area contributed by atoms with Gasteiger partial charge < -0.3 is 10.1 Å². The molecule has 30 heavy (non-hydrogen) atoms. The van der Waals surface area contributed by atoms with E-state index in [-0.39, 0.29) is 28.4 Å². The van der Waals surface area contributed by atoms with Gasteiger partial charge in [-0.15, -0.1) is 0 Å². The number of methoxy groups -OCH3 is 1. The lowest BCUT2D eigenvalue weighted by atomic mass is 9.95. The molecule has 3 rings (SSSR count). The Hall–Kier alpha value is -2.16. The van der Waals surface area contributed by atoms with Crippen molar-refractivity contribution in [2.75, 3.05) is 13.7 Å². The summed E-state index contributed by atoms with van der Waals surface area (Å²) in [6.45, 7) is 0.0521. The number of aromatic nitrogens is 1. The highest BCUT2D eigenvalue weighted by atomic mass is 35.5. The molecule has 2 aromatic rings. The molecule has 1 N–H and O–H groups in total. The molecule has 0 saturated heterocycles. The molecule has 0 atom stereocenters. The van der Waals surface area contributed by atoms with Gasteiger partial charge >= 0.3 is 0 Å². The number of ether oxygens (including phenoxy) is 1. The van der Waals surface area contributed by atoms with Gasteiger partial charge in [0.15, 0.2) is 0 Å². The second-order valence-electron chi connectivity index (χ2n) is 7.28. The van der Waals surface area contributed by atoms with E-state index < -0.39 is 10.0 Å². The Morgan fingerprint density at radius 2 is 2.03 bits per heavy atom. The van der Waals surface area contributed by atoms with Crippen molar-refractivity contribution in [3.05, 3.63) is 53.3 Å². The lowest BCUT2D eigenvalue weighted by Crippen LogP contribution is -2.46. The van der Waals surface area contributed by atoms with Crippen LogP contribution in [0, 0.1) is 0 Å². The van der Waals surface area contributed by atoms with Crippen molar-refractivity contribution < 1.29 is 17.9 Å². The van der Waals surface area contributed by atoms with Gasteiger partial charge in [-0.25, -0.2) is 8.42 Å². The lowest BCUT2D eigenvalue weighted by molar-refractivity contribution is -0.121. The molecule has 7 nitrogen and oxygen atoms in total. The fraction of sp³-hybridized carbons (Fsp3) is 0.429. The number of nitrogens with zero attached hydrogens (tertiary/aromatic N) is 2. The quantitative estimate of drug-likeness (QED) is 0.664.